The molecule has 1 aromatic carbocycles. The fraction of sp³-hybridized carbons (Fsp3) is 0.0500. The number of rotatable bonds is 5. The summed E-state index contributed by atoms with van der Waals surface area (Å²) in [6, 6.07) is 15.1. The number of furan rings is 1. The van der Waals surface area contributed by atoms with Crippen LogP contribution in [0, 0.1) is 0 Å². The van der Waals surface area contributed by atoms with Crippen LogP contribution in [0.25, 0.3) is 22.3 Å². The minimum absolute atomic E-state index is 0.268. The number of aromatic amines is 1. The summed E-state index contributed by atoms with van der Waals surface area (Å²) in [6.07, 6.45) is 4.57. The molecule has 0 saturated heterocycles. The third-order valence-corrected chi connectivity index (χ3v) is 4.46. The molecular formula is C20H15N7O2. The van der Waals surface area contributed by atoms with E-state index in [-0.39, 0.29) is 11.9 Å². The Kier molecular flexibility index (Phi) is 4.10. The topological polar surface area (TPSA) is 115 Å². The highest BCUT2D eigenvalue weighted by atomic mass is 16.3. The van der Waals surface area contributed by atoms with Crippen LogP contribution in [0.15, 0.2) is 71.7 Å². The summed E-state index contributed by atoms with van der Waals surface area (Å²) in [7, 11) is 0. The SMILES string of the molecule is O=C(Nc1ncn[nH]1)c1cc(-c2ccccc2)nc2c1cnn2Cc1ccco1. The minimum atomic E-state index is -0.330. The Bertz CT molecular complexity index is 1260. The third-order valence-electron chi connectivity index (χ3n) is 4.46. The first-order valence-electron chi connectivity index (χ1n) is 8.89. The third kappa shape index (κ3) is 3.25. The summed E-state index contributed by atoms with van der Waals surface area (Å²) in [5, 5.41) is 14.1. The summed E-state index contributed by atoms with van der Waals surface area (Å²) in [5.41, 5.74) is 2.59. The number of hydrogen-bond acceptors (Lipinski definition) is 6. The number of pyridine rings is 1. The molecule has 0 aliphatic heterocycles. The lowest BCUT2D eigenvalue weighted by Crippen LogP contribution is -2.14. The van der Waals surface area contributed by atoms with Crippen molar-refractivity contribution >= 4 is 22.9 Å². The van der Waals surface area contributed by atoms with Gasteiger partial charge in [0, 0.05) is 5.56 Å². The lowest BCUT2D eigenvalue weighted by molar-refractivity contribution is 0.102. The molecule has 4 heterocycles. The highest BCUT2D eigenvalue weighted by Gasteiger charge is 2.19. The van der Waals surface area contributed by atoms with Gasteiger partial charge in [-0.15, -0.1) is 0 Å². The first kappa shape index (κ1) is 16.9. The summed E-state index contributed by atoms with van der Waals surface area (Å²) >= 11 is 0. The lowest BCUT2D eigenvalue weighted by atomic mass is 10.1. The van der Waals surface area contributed by atoms with Crippen LogP contribution in [-0.4, -0.2) is 35.9 Å². The van der Waals surface area contributed by atoms with E-state index in [4.69, 9.17) is 9.40 Å². The normalized spacial score (nSPS) is 11.0. The fourth-order valence-corrected chi connectivity index (χ4v) is 3.10. The first-order valence-corrected chi connectivity index (χ1v) is 8.89. The molecule has 2 N–H and O–H groups in total. The van der Waals surface area contributed by atoms with Crippen LogP contribution in [0.3, 0.4) is 0 Å². The van der Waals surface area contributed by atoms with Gasteiger partial charge in [-0.2, -0.15) is 15.2 Å². The van der Waals surface area contributed by atoms with Gasteiger partial charge in [0.05, 0.1) is 29.1 Å². The molecule has 0 aliphatic carbocycles. The van der Waals surface area contributed by atoms with Crippen LogP contribution < -0.4 is 5.32 Å². The Hall–Kier alpha value is -4.27. The molecule has 9 heteroatoms. The molecule has 0 unspecified atom stereocenters. The van der Waals surface area contributed by atoms with E-state index in [9.17, 15) is 4.79 Å². The van der Waals surface area contributed by atoms with Crippen LogP contribution in [-0.2, 0) is 6.54 Å². The Morgan fingerprint density at radius 2 is 2.07 bits per heavy atom. The van der Waals surface area contributed by atoms with Crippen LogP contribution in [0.2, 0.25) is 0 Å². The molecule has 0 saturated carbocycles. The number of aromatic nitrogens is 6. The molecule has 9 nitrogen and oxygen atoms in total. The standard InChI is InChI=1S/C20H15N7O2/c28-19(25-20-21-12-22-26-20)15-9-17(13-5-2-1-3-6-13)24-18-16(15)10-23-27(18)11-14-7-4-8-29-14/h1-10,12H,11H2,(H2,21,22,25,26,28). The van der Waals surface area contributed by atoms with Crippen molar-refractivity contribution in [2.45, 2.75) is 6.54 Å². The second kappa shape index (κ2) is 7.04. The van der Waals surface area contributed by atoms with Crippen LogP contribution in [0.5, 0.6) is 0 Å². The van der Waals surface area contributed by atoms with E-state index >= 15 is 0 Å². The maximum atomic E-state index is 13.0. The van der Waals surface area contributed by atoms with E-state index in [0.29, 0.717) is 28.8 Å². The largest absolute Gasteiger partial charge is 0.467 e. The number of nitrogens with zero attached hydrogens (tertiary/aromatic N) is 5. The minimum Gasteiger partial charge on any atom is -0.467 e. The summed E-state index contributed by atoms with van der Waals surface area (Å²) in [6.45, 7) is 0.408. The van der Waals surface area contributed by atoms with E-state index in [1.54, 1.807) is 23.2 Å². The number of fused-ring (bicyclic) bond motifs is 1. The van der Waals surface area contributed by atoms with Gasteiger partial charge in [-0.25, -0.2) is 14.8 Å². The highest BCUT2D eigenvalue weighted by Crippen LogP contribution is 2.26. The van der Waals surface area contributed by atoms with Gasteiger partial charge < -0.3 is 4.42 Å². The maximum absolute atomic E-state index is 13.0. The van der Waals surface area contributed by atoms with E-state index < -0.39 is 0 Å². The van der Waals surface area contributed by atoms with Crippen molar-refractivity contribution in [3.63, 3.8) is 0 Å². The molecule has 0 aliphatic rings. The van der Waals surface area contributed by atoms with Crippen molar-refractivity contribution in [1.82, 2.24) is 29.9 Å². The number of hydrogen-bond donors (Lipinski definition) is 2. The van der Waals surface area contributed by atoms with Gasteiger partial charge in [-0.1, -0.05) is 30.3 Å². The maximum Gasteiger partial charge on any atom is 0.258 e. The molecule has 0 atom stereocenters. The van der Waals surface area contributed by atoms with Gasteiger partial charge in [0.15, 0.2) is 5.65 Å². The molecule has 0 fully saturated rings. The Morgan fingerprint density at radius 3 is 2.83 bits per heavy atom. The lowest BCUT2D eigenvalue weighted by Gasteiger charge is -2.08. The van der Waals surface area contributed by atoms with E-state index in [0.717, 1.165) is 11.3 Å². The van der Waals surface area contributed by atoms with Crippen LogP contribution in [0.1, 0.15) is 16.1 Å². The predicted octanol–water partition coefficient (Wildman–Crippen LogP) is 3.11. The molecule has 142 valence electrons. The number of benzene rings is 1. The van der Waals surface area contributed by atoms with Crippen molar-refractivity contribution in [1.29, 1.82) is 0 Å². The Labute approximate surface area is 164 Å². The van der Waals surface area contributed by atoms with Crippen molar-refractivity contribution < 1.29 is 9.21 Å². The number of amides is 1. The van der Waals surface area contributed by atoms with E-state index in [1.807, 2.05) is 42.5 Å². The molecule has 4 aromatic heterocycles. The molecule has 0 spiro atoms. The van der Waals surface area contributed by atoms with Crippen molar-refractivity contribution in [2.24, 2.45) is 0 Å². The van der Waals surface area contributed by atoms with Gasteiger partial charge in [0.25, 0.3) is 5.91 Å². The molecule has 5 aromatic rings. The molecule has 0 radical (unpaired) electrons. The van der Waals surface area contributed by atoms with Gasteiger partial charge in [-0.05, 0) is 18.2 Å². The van der Waals surface area contributed by atoms with Gasteiger partial charge in [0.1, 0.15) is 18.6 Å². The number of carbonyl (C=O) groups is 1. The number of H-pyrrole nitrogens is 1. The number of anilines is 1. The van der Waals surface area contributed by atoms with Crippen molar-refractivity contribution in [2.75, 3.05) is 5.32 Å². The average Bonchev–Trinajstić information content (AvgIpc) is 3.51. The summed E-state index contributed by atoms with van der Waals surface area (Å²) in [4.78, 5) is 21.7. The molecule has 5 rings (SSSR count). The van der Waals surface area contributed by atoms with Crippen molar-refractivity contribution in [3.05, 3.63) is 78.6 Å². The van der Waals surface area contributed by atoms with Gasteiger partial charge in [0.2, 0.25) is 5.95 Å². The predicted molar refractivity (Wildman–Crippen MR) is 105 cm³/mol. The van der Waals surface area contributed by atoms with E-state index in [1.165, 1.54) is 6.33 Å². The smallest absolute Gasteiger partial charge is 0.258 e. The molecule has 29 heavy (non-hydrogen) atoms. The Morgan fingerprint density at radius 1 is 1.17 bits per heavy atom. The molecular weight excluding hydrogens is 370 g/mol. The zero-order valence-electron chi connectivity index (χ0n) is 15.1. The zero-order chi connectivity index (χ0) is 19.6. The quantitative estimate of drug-likeness (QED) is 0.480. The summed E-state index contributed by atoms with van der Waals surface area (Å²) in [5.74, 6) is 0.683. The second-order valence-corrected chi connectivity index (χ2v) is 6.33. The van der Waals surface area contributed by atoms with Gasteiger partial charge >= 0.3 is 0 Å². The monoisotopic (exact) mass is 385 g/mol. The van der Waals surface area contributed by atoms with Crippen molar-refractivity contribution in [3.8, 4) is 11.3 Å². The molecule has 0 bridgehead atoms. The van der Waals surface area contributed by atoms with Gasteiger partial charge in [-0.3, -0.25) is 10.1 Å². The summed E-state index contributed by atoms with van der Waals surface area (Å²) < 4.78 is 7.15. The first-order chi connectivity index (χ1) is 14.3. The zero-order valence-corrected chi connectivity index (χ0v) is 15.1. The average molecular weight is 385 g/mol. The Balaban J connectivity index is 1.64. The number of nitrogens with one attached hydrogen (secondary N) is 2. The second-order valence-electron chi connectivity index (χ2n) is 6.33. The van der Waals surface area contributed by atoms with E-state index in [2.05, 4.69) is 25.6 Å². The fourth-order valence-electron chi connectivity index (χ4n) is 3.10. The molecule has 1 amide bonds. The van der Waals surface area contributed by atoms with Crippen LogP contribution >= 0.6 is 0 Å². The number of carbonyl (C=O) groups excluding carboxylic acids is 1. The highest BCUT2D eigenvalue weighted by molar-refractivity contribution is 6.12. The van der Waals surface area contributed by atoms with Crippen LogP contribution in [0.4, 0.5) is 5.95 Å².